The van der Waals surface area contributed by atoms with Crippen molar-refractivity contribution in [1.29, 1.82) is 0 Å². The smallest absolute Gasteiger partial charge is 0.328 e. The number of carbonyl (C=O) groups excluding carboxylic acids is 1. The maximum Gasteiger partial charge on any atom is 0.328 e. The van der Waals surface area contributed by atoms with Gasteiger partial charge in [-0.15, -0.1) is 11.3 Å². The molecule has 8 nitrogen and oxygen atoms in total. The van der Waals surface area contributed by atoms with E-state index in [-0.39, 0.29) is 5.97 Å². The molecule has 0 atom stereocenters. The number of carboxylic acid groups (broad SMARTS) is 2. The maximum atomic E-state index is 11.9. The summed E-state index contributed by atoms with van der Waals surface area (Å²) in [5, 5.41) is 17.8. The third kappa shape index (κ3) is 11.4. The topological polar surface area (TPSA) is 107 Å². The van der Waals surface area contributed by atoms with Crippen molar-refractivity contribution in [3.8, 4) is 0 Å². The van der Waals surface area contributed by atoms with Gasteiger partial charge in [-0.25, -0.2) is 9.59 Å². The minimum atomic E-state index is -1.26. The number of benzene rings is 1. The molecule has 1 aromatic heterocycles. The highest BCUT2D eigenvalue weighted by molar-refractivity contribution is 8.01. The highest BCUT2D eigenvalue weighted by atomic mass is 32.2. The van der Waals surface area contributed by atoms with Gasteiger partial charge in [-0.3, -0.25) is 9.69 Å². The standard InChI is InChI=1S/C27H36N2O2S2.C4H4O4/c1-2-3-4-5-6-12-26(30)31-19-9-14-28-15-17-29(18-16-28)24-21-22-10-7-8-11-25(22)33-27-23(24)13-20-32-27;5-3(6)1-2-4(7)8/h7-8,10-11,13,20-21H,2-6,9,12,14-19H2,1H3;1-2H,(H,5,6)(H,7,8)/b;2-1-. The third-order valence-electron chi connectivity index (χ3n) is 6.77. The van der Waals surface area contributed by atoms with Crippen LogP contribution in [0.25, 0.3) is 11.8 Å². The number of aliphatic carboxylic acids is 2. The van der Waals surface area contributed by atoms with Crippen LogP contribution >= 0.6 is 23.1 Å². The zero-order valence-electron chi connectivity index (χ0n) is 23.6. The Morgan fingerprint density at radius 1 is 0.927 bits per heavy atom. The zero-order chi connectivity index (χ0) is 29.5. The predicted octanol–water partition coefficient (Wildman–Crippen LogP) is 6.33. The van der Waals surface area contributed by atoms with E-state index in [4.69, 9.17) is 14.9 Å². The normalized spacial score (nSPS) is 14.8. The van der Waals surface area contributed by atoms with Gasteiger partial charge in [0.25, 0.3) is 0 Å². The van der Waals surface area contributed by atoms with Crippen LogP contribution < -0.4 is 0 Å². The highest BCUT2D eigenvalue weighted by Crippen LogP contribution is 2.44. The molecule has 0 unspecified atom stereocenters. The van der Waals surface area contributed by atoms with Gasteiger partial charge in [-0.05, 0) is 42.0 Å². The van der Waals surface area contributed by atoms with Gasteiger partial charge in [-0.2, -0.15) is 0 Å². The minimum Gasteiger partial charge on any atom is -0.478 e. The SMILES string of the molecule is CCCCCCCC(=O)OCCCN1CCN(C2=Cc3ccccc3Sc3sccc32)CC1.O=C(O)/C=C\C(=O)O. The molecule has 2 aliphatic heterocycles. The number of ether oxygens (including phenoxy) is 1. The van der Waals surface area contributed by atoms with Crippen molar-refractivity contribution in [2.45, 2.75) is 61.0 Å². The number of carbonyl (C=O) groups is 3. The number of hydrogen-bond donors (Lipinski definition) is 2. The van der Waals surface area contributed by atoms with Gasteiger partial charge in [0.2, 0.25) is 0 Å². The molecule has 0 aliphatic carbocycles. The first-order chi connectivity index (χ1) is 19.9. The van der Waals surface area contributed by atoms with E-state index in [9.17, 15) is 14.4 Å². The lowest BCUT2D eigenvalue weighted by molar-refractivity contribution is -0.144. The van der Waals surface area contributed by atoms with Crippen LogP contribution in [0.5, 0.6) is 0 Å². The van der Waals surface area contributed by atoms with Gasteiger partial charge in [0.15, 0.2) is 0 Å². The van der Waals surface area contributed by atoms with Crippen LogP contribution in [-0.4, -0.2) is 77.3 Å². The molecule has 0 saturated carbocycles. The van der Waals surface area contributed by atoms with E-state index in [1.807, 2.05) is 23.1 Å². The van der Waals surface area contributed by atoms with Gasteiger partial charge in [0, 0.05) is 67.5 Å². The quantitative estimate of drug-likeness (QED) is 0.155. The molecule has 2 N–H and O–H groups in total. The molecule has 1 fully saturated rings. The summed E-state index contributed by atoms with van der Waals surface area (Å²) in [6, 6.07) is 11.0. The average molecular weight is 601 g/mol. The second-order valence-electron chi connectivity index (χ2n) is 9.87. The van der Waals surface area contributed by atoms with E-state index in [0.29, 0.717) is 25.2 Å². The molecule has 0 amide bonds. The molecule has 0 spiro atoms. The molecule has 1 saturated heterocycles. The number of unbranched alkanes of at least 4 members (excludes halogenated alkanes) is 4. The van der Waals surface area contributed by atoms with Crippen molar-refractivity contribution in [3.63, 3.8) is 0 Å². The first-order valence-corrected chi connectivity index (χ1v) is 15.9. The van der Waals surface area contributed by atoms with Crippen LogP contribution in [0.3, 0.4) is 0 Å². The van der Waals surface area contributed by atoms with E-state index in [1.165, 1.54) is 45.2 Å². The Morgan fingerprint density at radius 3 is 2.34 bits per heavy atom. The summed E-state index contributed by atoms with van der Waals surface area (Å²) in [5.74, 6) is -2.54. The molecule has 10 heteroatoms. The first-order valence-electron chi connectivity index (χ1n) is 14.2. The number of piperazine rings is 1. The maximum absolute atomic E-state index is 11.9. The van der Waals surface area contributed by atoms with Gasteiger partial charge in [0.1, 0.15) is 0 Å². The summed E-state index contributed by atoms with van der Waals surface area (Å²) < 4.78 is 6.84. The molecule has 1 aromatic carbocycles. The van der Waals surface area contributed by atoms with Crippen LogP contribution in [-0.2, 0) is 19.1 Å². The van der Waals surface area contributed by atoms with Crippen LogP contribution in [0.2, 0.25) is 0 Å². The van der Waals surface area contributed by atoms with Gasteiger partial charge >= 0.3 is 17.9 Å². The van der Waals surface area contributed by atoms with E-state index in [2.05, 4.69) is 58.5 Å². The summed E-state index contributed by atoms with van der Waals surface area (Å²) in [7, 11) is 0. The number of esters is 1. The lowest BCUT2D eigenvalue weighted by Gasteiger charge is -2.37. The molecule has 0 radical (unpaired) electrons. The highest BCUT2D eigenvalue weighted by Gasteiger charge is 2.24. The van der Waals surface area contributed by atoms with Crippen molar-refractivity contribution in [2.24, 2.45) is 0 Å². The van der Waals surface area contributed by atoms with Crippen molar-refractivity contribution < 1.29 is 29.3 Å². The van der Waals surface area contributed by atoms with E-state index < -0.39 is 11.9 Å². The Bertz CT molecular complexity index is 1180. The fourth-order valence-corrected chi connectivity index (χ4v) is 6.75. The molecule has 4 rings (SSSR count). The van der Waals surface area contributed by atoms with Crippen molar-refractivity contribution in [2.75, 3.05) is 39.3 Å². The third-order valence-corrected chi connectivity index (χ3v) is 9.01. The number of nitrogens with zero attached hydrogens (tertiary/aromatic N) is 2. The molecule has 2 aliphatic rings. The molecule has 3 heterocycles. The van der Waals surface area contributed by atoms with Crippen LogP contribution in [0.15, 0.2) is 57.0 Å². The molecule has 222 valence electrons. The Hall–Kier alpha value is -3.08. The number of carboxylic acids is 2. The molecular formula is C31H40N2O6S2. The minimum absolute atomic E-state index is 0.0265. The molecule has 0 bridgehead atoms. The van der Waals surface area contributed by atoms with Crippen LogP contribution in [0, 0.1) is 0 Å². The predicted molar refractivity (Wildman–Crippen MR) is 164 cm³/mol. The largest absolute Gasteiger partial charge is 0.478 e. The van der Waals surface area contributed by atoms with Gasteiger partial charge in [-0.1, -0.05) is 62.6 Å². The summed E-state index contributed by atoms with van der Waals surface area (Å²) in [4.78, 5) is 37.4. The Kier molecular flexibility index (Phi) is 14.0. The Morgan fingerprint density at radius 2 is 1.63 bits per heavy atom. The zero-order valence-corrected chi connectivity index (χ0v) is 25.3. The summed E-state index contributed by atoms with van der Waals surface area (Å²) >= 11 is 3.73. The fourth-order valence-electron chi connectivity index (χ4n) is 4.62. The van der Waals surface area contributed by atoms with E-state index >= 15 is 0 Å². The second kappa shape index (κ2) is 17.7. The second-order valence-corrected chi connectivity index (χ2v) is 12.1. The van der Waals surface area contributed by atoms with Gasteiger partial charge in [0.05, 0.1) is 10.8 Å². The van der Waals surface area contributed by atoms with E-state index in [1.54, 1.807) is 0 Å². The Labute approximate surface area is 250 Å². The summed E-state index contributed by atoms with van der Waals surface area (Å²) in [5.41, 5.74) is 4.04. The lowest BCUT2D eigenvalue weighted by Crippen LogP contribution is -2.45. The van der Waals surface area contributed by atoms with Crippen molar-refractivity contribution in [1.82, 2.24) is 9.80 Å². The molecular weight excluding hydrogens is 560 g/mol. The lowest BCUT2D eigenvalue weighted by atomic mass is 10.1. The van der Waals surface area contributed by atoms with Crippen molar-refractivity contribution in [3.05, 3.63) is 59.0 Å². The average Bonchev–Trinajstić information content (AvgIpc) is 3.36. The molecule has 41 heavy (non-hydrogen) atoms. The summed E-state index contributed by atoms with van der Waals surface area (Å²) in [6.45, 7) is 7.93. The summed E-state index contributed by atoms with van der Waals surface area (Å²) in [6.07, 6.45) is 10.8. The molecule has 2 aromatic rings. The van der Waals surface area contributed by atoms with Gasteiger partial charge < -0.3 is 19.8 Å². The van der Waals surface area contributed by atoms with Crippen LogP contribution in [0.4, 0.5) is 0 Å². The monoisotopic (exact) mass is 600 g/mol. The first kappa shape index (κ1) is 32.4. The van der Waals surface area contributed by atoms with Crippen molar-refractivity contribution >= 4 is 52.8 Å². The fraction of sp³-hybridized carbons (Fsp3) is 0.452. The number of hydrogen-bond acceptors (Lipinski definition) is 8. The number of rotatable bonds is 13. The van der Waals surface area contributed by atoms with Crippen LogP contribution in [0.1, 0.15) is 63.0 Å². The number of fused-ring (bicyclic) bond motifs is 2. The Balaban J connectivity index is 0.000000507. The number of thiophene rings is 1. The van der Waals surface area contributed by atoms with E-state index in [0.717, 1.165) is 52.0 Å².